The van der Waals surface area contributed by atoms with E-state index in [9.17, 15) is 4.79 Å². The Bertz CT molecular complexity index is 407. The van der Waals surface area contributed by atoms with E-state index in [1.807, 2.05) is 24.3 Å². The molecule has 0 aliphatic rings. The summed E-state index contributed by atoms with van der Waals surface area (Å²) in [6, 6.07) is 7.81. The van der Waals surface area contributed by atoms with E-state index in [4.69, 9.17) is 6.42 Å². The first-order valence-electron chi connectivity index (χ1n) is 5.79. The second-order valence-electron chi connectivity index (χ2n) is 3.73. The molecule has 1 aromatic rings. The SMILES string of the molecule is C#CCCC(=O)Nc1cccc(CNCC)c1. The Balaban J connectivity index is 2.53. The van der Waals surface area contributed by atoms with Crippen molar-refractivity contribution >= 4 is 11.6 Å². The smallest absolute Gasteiger partial charge is 0.225 e. The highest BCUT2D eigenvalue weighted by atomic mass is 16.1. The van der Waals surface area contributed by atoms with E-state index in [1.165, 1.54) is 0 Å². The van der Waals surface area contributed by atoms with Crippen LogP contribution in [0, 0.1) is 12.3 Å². The van der Waals surface area contributed by atoms with Crippen LogP contribution in [0.15, 0.2) is 24.3 Å². The molecular weight excluding hydrogens is 212 g/mol. The normalized spacial score (nSPS) is 9.65. The largest absolute Gasteiger partial charge is 0.326 e. The minimum Gasteiger partial charge on any atom is -0.326 e. The van der Waals surface area contributed by atoms with Gasteiger partial charge in [0.05, 0.1) is 0 Å². The van der Waals surface area contributed by atoms with Gasteiger partial charge in [0, 0.05) is 25.1 Å². The Morgan fingerprint density at radius 3 is 3.00 bits per heavy atom. The van der Waals surface area contributed by atoms with E-state index in [0.717, 1.165) is 24.3 Å². The summed E-state index contributed by atoms with van der Waals surface area (Å²) in [4.78, 5) is 11.5. The first-order valence-corrected chi connectivity index (χ1v) is 5.79. The van der Waals surface area contributed by atoms with Gasteiger partial charge in [-0.15, -0.1) is 12.3 Å². The first-order chi connectivity index (χ1) is 8.26. The average molecular weight is 230 g/mol. The maximum atomic E-state index is 11.5. The van der Waals surface area contributed by atoms with Crippen molar-refractivity contribution in [1.82, 2.24) is 5.32 Å². The quantitative estimate of drug-likeness (QED) is 0.735. The lowest BCUT2D eigenvalue weighted by Crippen LogP contribution is -2.13. The van der Waals surface area contributed by atoms with Crippen LogP contribution in [-0.4, -0.2) is 12.5 Å². The molecule has 0 saturated heterocycles. The van der Waals surface area contributed by atoms with Crippen molar-refractivity contribution in [3.05, 3.63) is 29.8 Å². The van der Waals surface area contributed by atoms with Gasteiger partial charge in [-0.2, -0.15) is 0 Å². The highest BCUT2D eigenvalue weighted by Gasteiger charge is 2.01. The van der Waals surface area contributed by atoms with Crippen LogP contribution in [0.5, 0.6) is 0 Å². The highest BCUT2D eigenvalue weighted by Crippen LogP contribution is 2.11. The van der Waals surface area contributed by atoms with Gasteiger partial charge in [0.1, 0.15) is 0 Å². The number of hydrogen-bond acceptors (Lipinski definition) is 2. The van der Waals surface area contributed by atoms with Crippen LogP contribution < -0.4 is 10.6 Å². The molecular formula is C14H18N2O. The molecule has 1 amide bonds. The second-order valence-corrected chi connectivity index (χ2v) is 3.73. The molecule has 3 nitrogen and oxygen atoms in total. The summed E-state index contributed by atoms with van der Waals surface area (Å²) in [5.74, 6) is 2.41. The van der Waals surface area contributed by atoms with Gasteiger partial charge in [0.25, 0.3) is 0 Å². The van der Waals surface area contributed by atoms with Crippen LogP contribution in [0.2, 0.25) is 0 Å². The van der Waals surface area contributed by atoms with E-state index < -0.39 is 0 Å². The van der Waals surface area contributed by atoms with Gasteiger partial charge in [-0.3, -0.25) is 4.79 Å². The zero-order valence-corrected chi connectivity index (χ0v) is 10.1. The van der Waals surface area contributed by atoms with E-state index >= 15 is 0 Å². The topological polar surface area (TPSA) is 41.1 Å². The Morgan fingerprint density at radius 2 is 2.29 bits per heavy atom. The molecule has 0 aliphatic carbocycles. The summed E-state index contributed by atoms with van der Waals surface area (Å²) in [5, 5.41) is 6.07. The van der Waals surface area contributed by atoms with E-state index in [2.05, 4.69) is 23.5 Å². The summed E-state index contributed by atoms with van der Waals surface area (Å²) in [7, 11) is 0. The lowest BCUT2D eigenvalue weighted by Gasteiger charge is -2.07. The van der Waals surface area contributed by atoms with Crippen LogP contribution in [0.1, 0.15) is 25.3 Å². The molecule has 0 radical (unpaired) electrons. The monoisotopic (exact) mass is 230 g/mol. The summed E-state index contributed by atoms with van der Waals surface area (Å²) in [6.07, 6.45) is 5.96. The van der Waals surface area contributed by atoms with E-state index in [0.29, 0.717) is 12.8 Å². The van der Waals surface area contributed by atoms with E-state index in [-0.39, 0.29) is 5.91 Å². The lowest BCUT2D eigenvalue weighted by atomic mass is 10.2. The Hall–Kier alpha value is -1.79. The number of rotatable bonds is 6. The van der Waals surface area contributed by atoms with Crippen molar-refractivity contribution < 1.29 is 4.79 Å². The number of benzene rings is 1. The first kappa shape index (κ1) is 13.3. The van der Waals surface area contributed by atoms with Gasteiger partial charge in [0.2, 0.25) is 5.91 Å². The fourth-order valence-electron chi connectivity index (χ4n) is 1.44. The number of amides is 1. The number of hydrogen-bond donors (Lipinski definition) is 2. The molecule has 17 heavy (non-hydrogen) atoms. The summed E-state index contributed by atoms with van der Waals surface area (Å²) < 4.78 is 0. The molecule has 0 bridgehead atoms. The number of nitrogens with one attached hydrogen (secondary N) is 2. The molecule has 0 aromatic heterocycles. The van der Waals surface area contributed by atoms with Gasteiger partial charge in [-0.25, -0.2) is 0 Å². The fraction of sp³-hybridized carbons (Fsp3) is 0.357. The van der Waals surface area contributed by atoms with Crippen molar-refractivity contribution in [2.24, 2.45) is 0 Å². The minimum absolute atomic E-state index is 0.0384. The van der Waals surface area contributed by atoms with Crippen LogP contribution in [-0.2, 0) is 11.3 Å². The van der Waals surface area contributed by atoms with Crippen molar-refractivity contribution in [3.63, 3.8) is 0 Å². The van der Waals surface area contributed by atoms with Gasteiger partial charge in [0.15, 0.2) is 0 Å². The summed E-state index contributed by atoms with van der Waals surface area (Å²) in [6.45, 7) is 3.80. The zero-order chi connectivity index (χ0) is 12.5. The van der Waals surface area contributed by atoms with Crippen LogP contribution in [0.25, 0.3) is 0 Å². The van der Waals surface area contributed by atoms with Crippen LogP contribution >= 0.6 is 0 Å². The molecule has 0 aliphatic heterocycles. The zero-order valence-electron chi connectivity index (χ0n) is 10.1. The highest BCUT2D eigenvalue weighted by molar-refractivity contribution is 5.90. The Kier molecular flexibility index (Phi) is 5.84. The third-order valence-electron chi connectivity index (χ3n) is 2.29. The van der Waals surface area contributed by atoms with Gasteiger partial charge in [-0.05, 0) is 24.2 Å². The standard InChI is InChI=1S/C14H18N2O/c1-3-5-9-14(17)16-13-8-6-7-12(10-13)11-15-4-2/h1,6-8,10,15H,4-5,9,11H2,2H3,(H,16,17). The molecule has 0 atom stereocenters. The minimum atomic E-state index is -0.0384. The van der Waals surface area contributed by atoms with Gasteiger partial charge >= 0.3 is 0 Å². The van der Waals surface area contributed by atoms with Gasteiger partial charge < -0.3 is 10.6 Å². The number of carbonyl (C=O) groups excluding carboxylic acids is 1. The van der Waals surface area contributed by atoms with E-state index in [1.54, 1.807) is 0 Å². The molecule has 0 fully saturated rings. The number of carbonyl (C=O) groups is 1. The maximum Gasteiger partial charge on any atom is 0.225 e. The van der Waals surface area contributed by atoms with Crippen molar-refractivity contribution in [2.75, 3.05) is 11.9 Å². The molecule has 1 rings (SSSR count). The summed E-state index contributed by atoms with van der Waals surface area (Å²) >= 11 is 0. The lowest BCUT2D eigenvalue weighted by molar-refractivity contribution is -0.116. The number of anilines is 1. The maximum absolute atomic E-state index is 11.5. The molecule has 3 heteroatoms. The fourth-order valence-corrected chi connectivity index (χ4v) is 1.44. The Morgan fingerprint density at radius 1 is 1.47 bits per heavy atom. The Labute approximate surface area is 103 Å². The predicted molar refractivity (Wildman–Crippen MR) is 70.5 cm³/mol. The molecule has 90 valence electrons. The third-order valence-corrected chi connectivity index (χ3v) is 2.29. The molecule has 1 aromatic carbocycles. The molecule has 0 heterocycles. The molecule has 0 unspecified atom stereocenters. The van der Waals surface area contributed by atoms with Crippen molar-refractivity contribution in [2.45, 2.75) is 26.3 Å². The van der Waals surface area contributed by atoms with Crippen LogP contribution in [0.3, 0.4) is 0 Å². The molecule has 2 N–H and O–H groups in total. The molecule has 0 spiro atoms. The van der Waals surface area contributed by atoms with Crippen LogP contribution in [0.4, 0.5) is 5.69 Å². The molecule has 0 saturated carbocycles. The third kappa shape index (κ3) is 5.19. The second kappa shape index (κ2) is 7.48. The average Bonchev–Trinajstić information content (AvgIpc) is 2.34. The van der Waals surface area contributed by atoms with Gasteiger partial charge in [-0.1, -0.05) is 19.1 Å². The number of terminal acetylenes is 1. The predicted octanol–water partition coefficient (Wildman–Crippen LogP) is 2.15. The van der Waals surface area contributed by atoms with Crippen molar-refractivity contribution in [1.29, 1.82) is 0 Å². The summed E-state index contributed by atoms with van der Waals surface area (Å²) in [5.41, 5.74) is 1.98. The van der Waals surface area contributed by atoms with Crippen molar-refractivity contribution in [3.8, 4) is 12.3 Å².